The SMILES string of the molecule is O=C(N[C@H]1CCOC[C@@H]1O)c1cc(NC(=O)c2cc(-c3ccc(F)cn3)c(Cl)cc2Cl)n(-c2ccccc2)n1. The van der Waals surface area contributed by atoms with Gasteiger partial charge in [0.05, 0.1) is 51.9 Å². The minimum absolute atomic E-state index is 0.0336. The van der Waals surface area contributed by atoms with Gasteiger partial charge in [0.2, 0.25) is 0 Å². The predicted molar refractivity (Wildman–Crippen MR) is 144 cm³/mol. The minimum Gasteiger partial charge on any atom is -0.389 e. The van der Waals surface area contributed by atoms with Crippen molar-refractivity contribution in [2.45, 2.75) is 18.6 Å². The first-order valence-corrected chi connectivity index (χ1v) is 12.7. The largest absolute Gasteiger partial charge is 0.389 e. The maximum absolute atomic E-state index is 13.4. The van der Waals surface area contributed by atoms with E-state index in [2.05, 4.69) is 20.7 Å². The maximum atomic E-state index is 13.4. The lowest BCUT2D eigenvalue weighted by Crippen LogP contribution is -2.48. The average Bonchev–Trinajstić information content (AvgIpc) is 3.35. The van der Waals surface area contributed by atoms with Crippen LogP contribution in [0.2, 0.25) is 10.0 Å². The smallest absolute Gasteiger partial charge is 0.272 e. The summed E-state index contributed by atoms with van der Waals surface area (Å²) in [6, 6.07) is 15.4. The summed E-state index contributed by atoms with van der Waals surface area (Å²) >= 11 is 12.7. The van der Waals surface area contributed by atoms with Crippen molar-refractivity contribution in [3.8, 4) is 16.9 Å². The van der Waals surface area contributed by atoms with Gasteiger partial charge in [-0.25, -0.2) is 9.07 Å². The number of carbonyl (C=O) groups excluding carboxylic acids is 2. The number of aliphatic hydroxyl groups excluding tert-OH is 1. The lowest BCUT2D eigenvalue weighted by Gasteiger charge is -2.28. The molecule has 2 aromatic carbocycles. The third-order valence-electron chi connectivity index (χ3n) is 6.13. The third-order valence-corrected chi connectivity index (χ3v) is 6.76. The Morgan fingerprint density at radius 3 is 2.56 bits per heavy atom. The number of carbonyl (C=O) groups is 2. The number of hydrogen-bond donors (Lipinski definition) is 3. The van der Waals surface area contributed by atoms with E-state index in [1.54, 1.807) is 24.3 Å². The van der Waals surface area contributed by atoms with Crippen molar-refractivity contribution in [3.63, 3.8) is 0 Å². The molecule has 0 spiro atoms. The summed E-state index contributed by atoms with van der Waals surface area (Å²) in [6.07, 6.45) is 0.663. The van der Waals surface area contributed by atoms with Gasteiger partial charge in [-0.05, 0) is 42.8 Å². The van der Waals surface area contributed by atoms with E-state index in [0.717, 1.165) is 6.20 Å². The van der Waals surface area contributed by atoms with Crippen LogP contribution in [0.4, 0.5) is 10.2 Å². The Labute approximate surface area is 232 Å². The molecule has 1 fully saturated rings. The number of pyridine rings is 1. The van der Waals surface area contributed by atoms with Gasteiger partial charge in [-0.3, -0.25) is 14.6 Å². The summed E-state index contributed by atoms with van der Waals surface area (Å²) in [5, 5.41) is 20.4. The number of anilines is 1. The summed E-state index contributed by atoms with van der Waals surface area (Å²) in [7, 11) is 0. The van der Waals surface area contributed by atoms with Crippen molar-refractivity contribution in [1.29, 1.82) is 0 Å². The van der Waals surface area contributed by atoms with Gasteiger partial charge < -0.3 is 20.5 Å². The minimum atomic E-state index is -0.838. The van der Waals surface area contributed by atoms with Crippen LogP contribution in [0.5, 0.6) is 0 Å². The number of nitrogens with zero attached hydrogens (tertiary/aromatic N) is 3. The molecule has 2 amide bonds. The molecule has 0 bridgehead atoms. The normalized spacial score (nSPS) is 17.0. The van der Waals surface area contributed by atoms with Crippen LogP contribution in [0.15, 0.2) is 66.9 Å². The monoisotopic (exact) mass is 569 g/mol. The first kappa shape index (κ1) is 26.8. The number of aliphatic hydroxyl groups is 1. The fourth-order valence-corrected chi connectivity index (χ4v) is 4.68. The maximum Gasteiger partial charge on any atom is 0.272 e. The molecule has 9 nitrogen and oxygen atoms in total. The van der Waals surface area contributed by atoms with Gasteiger partial charge >= 0.3 is 0 Å². The highest BCUT2D eigenvalue weighted by Gasteiger charge is 2.27. The molecule has 0 unspecified atom stereocenters. The second kappa shape index (κ2) is 11.5. The van der Waals surface area contributed by atoms with Crippen molar-refractivity contribution in [1.82, 2.24) is 20.1 Å². The Morgan fingerprint density at radius 2 is 1.85 bits per heavy atom. The second-order valence-electron chi connectivity index (χ2n) is 8.80. The first-order chi connectivity index (χ1) is 18.8. The van der Waals surface area contributed by atoms with Crippen molar-refractivity contribution < 1.29 is 23.8 Å². The predicted octanol–water partition coefficient (Wildman–Crippen LogP) is 4.51. The number of para-hydroxylation sites is 1. The third kappa shape index (κ3) is 5.94. The van der Waals surface area contributed by atoms with E-state index in [0.29, 0.717) is 30.0 Å². The van der Waals surface area contributed by atoms with Gasteiger partial charge in [-0.1, -0.05) is 41.4 Å². The van der Waals surface area contributed by atoms with Gasteiger partial charge in [-0.2, -0.15) is 5.10 Å². The highest BCUT2D eigenvalue weighted by molar-refractivity contribution is 6.38. The number of amides is 2. The number of halogens is 3. The molecule has 5 rings (SSSR count). The fourth-order valence-electron chi connectivity index (χ4n) is 4.12. The van der Waals surface area contributed by atoms with Crippen molar-refractivity contribution in [3.05, 3.63) is 94.0 Å². The number of benzene rings is 2. The van der Waals surface area contributed by atoms with Crippen molar-refractivity contribution in [2.24, 2.45) is 0 Å². The highest BCUT2D eigenvalue weighted by atomic mass is 35.5. The molecule has 0 radical (unpaired) electrons. The lowest BCUT2D eigenvalue weighted by atomic mass is 10.1. The lowest BCUT2D eigenvalue weighted by molar-refractivity contribution is -0.0261. The van der Waals surface area contributed by atoms with Crippen molar-refractivity contribution in [2.75, 3.05) is 18.5 Å². The molecule has 2 aromatic heterocycles. The number of hydrogen-bond acceptors (Lipinski definition) is 6. The summed E-state index contributed by atoms with van der Waals surface area (Å²) in [4.78, 5) is 30.4. The molecule has 1 saturated heterocycles. The van der Waals surface area contributed by atoms with Crippen LogP contribution in [-0.2, 0) is 4.74 Å². The fraction of sp³-hybridized carbons (Fsp3) is 0.185. The zero-order chi connectivity index (χ0) is 27.5. The van der Waals surface area contributed by atoms with E-state index in [-0.39, 0.29) is 33.7 Å². The van der Waals surface area contributed by atoms with Gasteiger partial charge in [0.25, 0.3) is 11.8 Å². The van der Waals surface area contributed by atoms with E-state index in [1.165, 1.54) is 35.0 Å². The van der Waals surface area contributed by atoms with Crippen LogP contribution < -0.4 is 10.6 Å². The summed E-state index contributed by atoms with van der Waals surface area (Å²) in [5.41, 5.74) is 1.45. The molecule has 0 aliphatic carbocycles. The number of rotatable bonds is 6. The molecule has 4 aromatic rings. The topological polar surface area (TPSA) is 118 Å². The van der Waals surface area contributed by atoms with Crippen LogP contribution in [0, 0.1) is 5.82 Å². The van der Waals surface area contributed by atoms with Crippen LogP contribution in [0.3, 0.4) is 0 Å². The van der Waals surface area contributed by atoms with E-state index in [4.69, 9.17) is 27.9 Å². The van der Waals surface area contributed by atoms with E-state index < -0.39 is 29.8 Å². The molecule has 12 heteroatoms. The highest BCUT2D eigenvalue weighted by Crippen LogP contribution is 2.32. The number of aromatic nitrogens is 3. The molecule has 3 heterocycles. The Kier molecular flexibility index (Phi) is 7.89. The summed E-state index contributed by atoms with van der Waals surface area (Å²) in [6.45, 7) is 0.543. The van der Waals surface area contributed by atoms with Gasteiger partial charge in [0.1, 0.15) is 11.6 Å². The molecular weight excluding hydrogens is 548 g/mol. The Bertz CT molecular complexity index is 1510. The van der Waals surface area contributed by atoms with Gasteiger partial charge in [0, 0.05) is 18.2 Å². The summed E-state index contributed by atoms with van der Waals surface area (Å²) < 4.78 is 20.0. The second-order valence-corrected chi connectivity index (χ2v) is 9.62. The van der Waals surface area contributed by atoms with Gasteiger partial charge in [-0.15, -0.1) is 0 Å². The Morgan fingerprint density at radius 1 is 1.05 bits per heavy atom. The zero-order valence-corrected chi connectivity index (χ0v) is 21.8. The molecule has 3 N–H and O–H groups in total. The van der Waals surface area contributed by atoms with Crippen LogP contribution in [-0.4, -0.2) is 57.0 Å². The quantitative estimate of drug-likeness (QED) is 0.314. The molecule has 1 aliphatic heterocycles. The van der Waals surface area contributed by atoms with Crippen LogP contribution >= 0.6 is 23.2 Å². The zero-order valence-electron chi connectivity index (χ0n) is 20.3. The van der Waals surface area contributed by atoms with Crippen molar-refractivity contribution >= 4 is 40.8 Å². The molecule has 39 heavy (non-hydrogen) atoms. The number of nitrogens with one attached hydrogen (secondary N) is 2. The van der Waals surface area contributed by atoms with Gasteiger partial charge in [0.15, 0.2) is 5.69 Å². The van der Waals surface area contributed by atoms with Crippen LogP contribution in [0.25, 0.3) is 16.9 Å². The first-order valence-electron chi connectivity index (χ1n) is 11.9. The Hall–Kier alpha value is -3.83. The molecular formula is C27H22Cl2FN5O4. The standard InChI is InChI=1S/C27H22Cl2FN5O4/c28-19-11-20(29)18(10-17(19)21-7-6-15(30)13-31-21)26(37)33-25-12-23(34-35(25)16-4-2-1-3-5-16)27(38)32-22-8-9-39-14-24(22)36/h1-7,10-13,22,24,36H,8-9,14H2,(H,32,38)(H,33,37)/t22-,24-/m0/s1. The number of ether oxygens (including phenoxy) is 1. The molecule has 0 saturated carbocycles. The van der Waals surface area contributed by atoms with E-state index >= 15 is 0 Å². The molecule has 200 valence electrons. The Balaban J connectivity index is 1.46. The van der Waals surface area contributed by atoms with E-state index in [1.807, 2.05) is 6.07 Å². The molecule has 2 atom stereocenters. The van der Waals surface area contributed by atoms with E-state index in [9.17, 15) is 19.1 Å². The molecule has 1 aliphatic rings. The van der Waals surface area contributed by atoms with Crippen LogP contribution in [0.1, 0.15) is 27.3 Å². The summed E-state index contributed by atoms with van der Waals surface area (Å²) in [5.74, 6) is -1.41. The average molecular weight is 570 g/mol.